The van der Waals surface area contributed by atoms with E-state index in [2.05, 4.69) is 9.97 Å². The minimum absolute atomic E-state index is 0.193. The van der Waals surface area contributed by atoms with Crippen LogP contribution in [0.15, 0.2) is 40.9 Å². The zero-order valence-corrected chi connectivity index (χ0v) is 14.2. The van der Waals surface area contributed by atoms with Crippen LogP contribution in [0.5, 0.6) is 0 Å². The van der Waals surface area contributed by atoms with Crippen molar-refractivity contribution in [1.29, 1.82) is 0 Å². The van der Waals surface area contributed by atoms with Gasteiger partial charge in [-0.3, -0.25) is 4.79 Å². The first kappa shape index (κ1) is 16.3. The van der Waals surface area contributed by atoms with Gasteiger partial charge in [-0.2, -0.15) is 0 Å². The third-order valence-electron chi connectivity index (χ3n) is 4.65. The summed E-state index contributed by atoms with van der Waals surface area (Å²) in [6, 6.07) is 8.78. The predicted molar refractivity (Wildman–Crippen MR) is 93.3 cm³/mol. The summed E-state index contributed by atoms with van der Waals surface area (Å²) in [5.74, 6) is -0.441. The molecule has 7 heteroatoms. The molecule has 7 nitrogen and oxygen atoms in total. The standard InChI is InChI=1S/C19H17N3O4/c1-2-25-17(23)14-9-11(5-8-21-14)16-22-13-4-3-12(10-15(13)26-16)19(6-7-19)18(20)24/h3-5,8-10H,2,6-7H2,1H3,(H2,20,24). The highest BCUT2D eigenvalue weighted by Gasteiger charge is 2.50. The minimum atomic E-state index is -0.575. The van der Waals surface area contributed by atoms with Crippen molar-refractivity contribution in [1.82, 2.24) is 9.97 Å². The Morgan fingerprint density at radius 3 is 2.77 bits per heavy atom. The molecule has 0 unspecified atom stereocenters. The van der Waals surface area contributed by atoms with Gasteiger partial charge in [0.25, 0.3) is 0 Å². The van der Waals surface area contributed by atoms with Gasteiger partial charge in [0.2, 0.25) is 11.8 Å². The first-order valence-electron chi connectivity index (χ1n) is 8.38. The molecule has 26 heavy (non-hydrogen) atoms. The summed E-state index contributed by atoms with van der Waals surface area (Å²) < 4.78 is 10.8. The van der Waals surface area contributed by atoms with E-state index in [-0.39, 0.29) is 18.2 Å². The Kier molecular flexibility index (Phi) is 3.72. The van der Waals surface area contributed by atoms with Crippen molar-refractivity contribution in [2.24, 2.45) is 5.73 Å². The maximum atomic E-state index is 11.8. The minimum Gasteiger partial charge on any atom is -0.461 e. The van der Waals surface area contributed by atoms with Crippen LogP contribution in [0.25, 0.3) is 22.6 Å². The van der Waals surface area contributed by atoms with Gasteiger partial charge < -0.3 is 14.9 Å². The molecule has 2 heterocycles. The number of carbonyl (C=O) groups is 2. The third-order valence-corrected chi connectivity index (χ3v) is 4.65. The Morgan fingerprint density at radius 2 is 2.08 bits per heavy atom. The largest absolute Gasteiger partial charge is 0.461 e. The first-order chi connectivity index (χ1) is 12.5. The lowest BCUT2D eigenvalue weighted by molar-refractivity contribution is -0.120. The number of primary amides is 1. The van der Waals surface area contributed by atoms with Crippen LogP contribution in [0.3, 0.4) is 0 Å². The molecule has 3 aromatic rings. The SMILES string of the molecule is CCOC(=O)c1cc(-c2nc3ccc(C4(C(N)=O)CC4)cc3o2)ccn1. The second-order valence-corrected chi connectivity index (χ2v) is 6.30. The summed E-state index contributed by atoms with van der Waals surface area (Å²) >= 11 is 0. The average molecular weight is 351 g/mol. The molecule has 0 saturated heterocycles. The lowest BCUT2D eigenvalue weighted by atomic mass is 9.95. The highest BCUT2D eigenvalue weighted by molar-refractivity contribution is 5.91. The molecular formula is C19H17N3O4. The van der Waals surface area contributed by atoms with Gasteiger partial charge in [-0.1, -0.05) is 6.07 Å². The number of nitrogens with zero attached hydrogens (tertiary/aromatic N) is 2. The van der Waals surface area contributed by atoms with Crippen molar-refractivity contribution in [2.75, 3.05) is 6.61 Å². The summed E-state index contributed by atoms with van der Waals surface area (Å²) in [6.07, 6.45) is 3.01. The Morgan fingerprint density at radius 1 is 1.27 bits per heavy atom. The van der Waals surface area contributed by atoms with Crippen molar-refractivity contribution in [3.8, 4) is 11.5 Å². The lowest BCUT2D eigenvalue weighted by Crippen LogP contribution is -2.28. The molecule has 0 radical (unpaired) electrons. The van der Waals surface area contributed by atoms with Gasteiger partial charge in [-0.25, -0.2) is 14.8 Å². The molecule has 0 aliphatic heterocycles. The number of esters is 1. The Balaban J connectivity index is 1.71. The Hall–Kier alpha value is -3.22. The number of aromatic nitrogens is 2. The van der Waals surface area contributed by atoms with Crippen LogP contribution in [0, 0.1) is 0 Å². The fraction of sp³-hybridized carbons (Fsp3) is 0.263. The normalized spacial score (nSPS) is 15.0. The van der Waals surface area contributed by atoms with E-state index in [1.807, 2.05) is 18.2 Å². The number of hydrogen-bond acceptors (Lipinski definition) is 6. The molecule has 4 rings (SSSR count). The van der Waals surface area contributed by atoms with Gasteiger partial charge >= 0.3 is 5.97 Å². The fourth-order valence-electron chi connectivity index (χ4n) is 3.03. The van der Waals surface area contributed by atoms with Crippen molar-refractivity contribution >= 4 is 23.0 Å². The van der Waals surface area contributed by atoms with Crippen LogP contribution in [-0.2, 0) is 14.9 Å². The molecule has 0 atom stereocenters. The highest BCUT2D eigenvalue weighted by atomic mass is 16.5. The molecule has 1 amide bonds. The number of nitrogens with two attached hydrogens (primary N) is 1. The van der Waals surface area contributed by atoms with Gasteiger partial charge in [0.15, 0.2) is 5.58 Å². The first-order valence-corrected chi connectivity index (χ1v) is 8.38. The molecule has 1 fully saturated rings. The van der Waals surface area contributed by atoms with Crippen LogP contribution in [0.2, 0.25) is 0 Å². The smallest absolute Gasteiger partial charge is 0.356 e. The number of benzene rings is 1. The number of pyridine rings is 1. The van der Waals surface area contributed by atoms with Crippen LogP contribution < -0.4 is 5.73 Å². The number of fused-ring (bicyclic) bond motifs is 1. The monoisotopic (exact) mass is 351 g/mol. The molecule has 0 bridgehead atoms. The van der Waals surface area contributed by atoms with Crippen LogP contribution >= 0.6 is 0 Å². The van der Waals surface area contributed by atoms with Gasteiger partial charge in [0, 0.05) is 11.8 Å². The van der Waals surface area contributed by atoms with Crippen LogP contribution in [0.1, 0.15) is 35.8 Å². The van der Waals surface area contributed by atoms with E-state index in [9.17, 15) is 9.59 Å². The average Bonchev–Trinajstić information content (AvgIpc) is 3.35. The van der Waals surface area contributed by atoms with Crippen LogP contribution in [0.4, 0.5) is 0 Å². The number of ether oxygens (including phenoxy) is 1. The second-order valence-electron chi connectivity index (χ2n) is 6.30. The molecule has 1 aromatic carbocycles. The maximum absolute atomic E-state index is 11.8. The molecule has 2 N–H and O–H groups in total. The van der Waals surface area contributed by atoms with E-state index in [0.717, 1.165) is 18.4 Å². The Labute approximate surface area is 149 Å². The number of hydrogen-bond donors (Lipinski definition) is 1. The van der Waals surface area contributed by atoms with Gasteiger partial charge in [0.05, 0.1) is 12.0 Å². The van der Waals surface area contributed by atoms with E-state index in [1.165, 1.54) is 6.20 Å². The van der Waals surface area contributed by atoms with E-state index in [1.54, 1.807) is 19.1 Å². The summed E-state index contributed by atoms with van der Waals surface area (Å²) in [6.45, 7) is 2.01. The summed E-state index contributed by atoms with van der Waals surface area (Å²) in [4.78, 5) is 32.0. The zero-order chi connectivity index (χ0) is 18.3. The van der Waals surface area contributed by atoms with E-state index < -0.39 is 11.4 Å². The van der Waals surface area contributed by atoms with E-state index in [0.29, 0.717) is 22.6 Å². The van der Waals surface area contributed by atoms with E-state index >= 15 is 0 Å². The summed E-state index contributed by atoms with van der Waals surface area (Å²) in [5, 5.41) is 0. The molecule has 1 aliphatic rings. The summed E-state index contributed by atoms with van der Waals surface area (Å²) in [7, 11) is 0. The maximum Gasteiger partial charge on any atom is 0.356 e. The zero-order valence-electron chi connectivity index (χ0n) is 14.2. The number of carbonyl (C=O) groups excluding carboxylic acids is 2. The van der Waals surface area contributed by atoms with Crippen molar-refractivity contribution in [2.45, 2.75) is 25.2 Å². The summed E-state index contributed by atoms with van der Waals surface area (Å²) in [5.41, 5.74) is 7.86. The third kappa shape index (κ3) is 2.61. The predicted octanol–water partition coefficient (Wildman–Crippen LogP) is 2.58. The van der Waals surface area contributed by atoms with Crippen LogP contribution in [-0.4, -0.2) is 28.5 Å². The molecule has 1 aliphatic carbocycles. The van der Waals surface area contributed by atoms with E-state index in [4.69, 9.17) is 14.9 Å². The molecule has 2 aromatic heterocycles. The molecule has 0 spiro atoms. The topological polar surface area (TPSA) is 108 Å². The van der Waals surface area contributed by atoms with Gasteiger partial charge in [0.1, 0.15) is 11.2 Å². The number of rotatable bonds is 5. The molecule has 132 valence electrons. The van der Waals surface area contributed by atoms with Crippen molar-refractivity contribution in [3.05, 3.63) is 47.8 Å². The fourth-order valence-corrected chi connectivity index (χ4v) is 3.03. The van der Waals surface area contributed by atoms with Crippen molar-refractivity contribution in [3.63, 3.8) is 0 Å². The number of oxazole rings is 1. The second kappa shape index (κ2) is 5.94. The Bertz CT molecular complexity index is 1020. The highest BCUT2D eigenvalue weighted by Crippen LogP contribution is 2.48. The molecular weight excluding hydrogens is 334 g/mol. The number of amides is 1. The van der Waals surface area contributed by atoms with Gasteiger partial charge in [-0.05, 0) is 49.6 Å². The quantitative estimate of drug-likeness (QED) is 0.708. The van der Waals surface area contributed by atoms with Gasteiger partial charge in [-0.15, -0.1) is 0 Å². The molecule has 1 saturated carbocycles. The lowest BCUT2D eigenvalue weighted by Gasteiger charge is -2.10. The van der Waals surface area contributed by atoms with Crippen molar-refractivity contribution < 1.29 is 18.7 Å².